The van der Waals surface area contributed by atoms with E-state index in [-0.39, 0.29) is 6.42 Å². The molecule has 0 heterocycles. The van der Waals surface area contributed by atoms with Crippen LogP contribution in [0.5, 0.6) is 17.2 Å². The molecule has 0 saturated heterocycles. The monoisotopic (exact) mass is 510 g/mol. The third-order valence-electron chi connectivity index (χ3n) is 5.75. The van der Waals surface area contributed by atoms with E-state index in [0.717, 1.165) is 37.0 Å². The lowest BCUT2D eigenvalue weighted by Crippen LogP contribution is -2.05. The van der Waals surface area contributed by atoms with Gasteiger partial charge in [0.25, 0.3) is 0 Å². The van der Waals surface area contributed by atoms with Crippen molar-refractivity contribution in [3.05, 3.63) is 71.8 Å². The van der Waals surface area contributed by atoms with Gasteiger partial charge < -0.3 is 24.4 Å². The zero-order valence-electron chi connectivity index (χ0n) is 21.6. The Labute approximate surface area is 219 Å². The number of hydrogen-bond acceptors (Lipinski definition) is 6. The first-order valence-corrected chi connectivity index (χ1v) is 12.8. The van der Waals surface area contributed by atoms with Gasteiger partial charge in [-0.25, -0.2) is 4.79 Å². The molecule has 200 valence electrons. The molecule has 1 unspecified atom stereocenters. The predicted molar refractivity (Wildman–Crippen MR) is 143 cm³/mol. The first kappa shape index (κ1) is 29.7. The number of aliphatic hydroxyl groups is 1. The van der Waals surface area contributed by atoms with Crippen molar-refractivity contribution in [2.24, 2.45) is 0 Å². The van der Waals surface area contributed by atoms with E-state index in [1.807, 2.05) is 54.6 Å². The summed E-state index contributed by atoms with van der Waals surface area (Å²) in [5, 5.41) is 19.3. The topological polar surface area (TPSA) is 102 Å². The molecule has 2 N–H and O–H groups in total. The van der Waals surface area contributed by atoms with E-state index in [9.17, 15) is 14.7 Å². The van der Waals surface area contributed by atoms with Crippen molar-refractivity contribution < 1.29 is 34.0 Å². The second kappa shape index (κ2) is 17.8. The average Bonchev–Trinajstić information content (AvgIpc) is 2.91. The number of unbranched alkanes of at least 4 members (excludes halogenated alkanes) is 3. The fraction of sp³-hybridized carbons (Fsp3) is 0.433. The molecule has 2 rings (SSSR count). The van der Waals surface area contributed by atoms with Gasteiger partial charge in [-0.15, -0.1) is 0 Å². The maximum atomic E-state index is 11.1. The van der Waals surface area contributed by atoms with Crippen LogP contribution >= 0.6 is 0 Å². The number of hydrogen-bond donors (Lipinski definition) is 2. The lowest BCUT2D eigenvalue weighted by Gasteiger charge is -2.13. The van der Waals surface area contributed by atoms with Gasteiger partial charge in [0.1, 0.15) is 23.2 Å². The number of carboxylic acid groups (broad SMARTS) is 1. The summed E-state index contributed by atoms with van der Waals surface area (Å²) in [5.74, 6) is 3.02. The third-order valence-corrected chi connectivity index (χ3v) is 5.75. The first-order valence-electron chi connectivity index (χ1n) is 12.8. The van der Waals surface area contributed by atoms with Gasteiger partial charge in [-0.1, -0.05) is 24.3 Å². The fourth-order valence-corrected chi connectivity index (χ4v) is 3.66. The van der Waals surface area contributed by atoms with Crippen LogP contribution in [0.2, 0.25) is 0 Å². The number of aryl methyl sites for hydroxylation is 2. The molecular weight excluding hydrogens is 472 g/mol. The van der Waals surface area contributed by atoms with Crippen molar-refractivity contribution >= 4 is 11.9 Å². The van der Waals surface area contributed by atoms with Crippen molar-refractivity contribution in [2.75, 3.05) is 20.3 Å². The zero-order valence-corrected chi connectivity index (χ0v) is 21.6. The van der Waals surface area contributed by atoms with Gasteiger partial charge >= 0.3 is 5.97 Å². The molecule has 0 aromatic heterocycles. The van der Waals surface area contributed by atoms with Crippen LogP contribution in [-0.2, 0) is 22.4 Å². The smallest absolute Gasteiger partial charge is 0.303 e. The van der Waals surface area contributed by atoms with Crippen molar-refractivity contribution in [3.63, 3.8) is 0 Å². The number of carbonyl (C=O) groups excluding carboxylic acids is 1. The average molecular weight is 511 g/mol. The third kappa shape index (κ3) is 12.8. The zero-order chi connectivity index (χ0) is 26.7. The second-order valence-electron chi connectivity index (χ2n) is 8.70. The predicted octanol–water partition coefficient (Wildman–Crippen LogP) is 5.36. The van der Waals surface area contributed by atoms with E-state index in [0.29, 0.717) is 50.4 Å². The molecule has 1 atom stereocenters. The van der Waals surface area contributed by atoms with Gasteiger partial charge in [0.2, 0.25) is 0 Å². The van der Waals surface area contributed by atoms with Crippen LogP contribution in [0.3, 0.4) is 0 Å². The minimum atomic E-state index is -0.865. The highest BCUT2D eigenvalue weighted by molar-refractivity contribution is 5.67. The molecule has 0 amide bonds. The molecule has 2 aromatic rings. The summed E-state index contributed by atoms with van der Waals surface area (Å²) in [7, 11) is 1.64. The molecule has 7 nitrogen and oxygen atoms in total. The van der Waals surface area contributed by atoms with E-state index in [1.165, 1.54) is 11.6 Å². The fourth-order valence-electron chi connectivity index (χ4n) is 3.66. The van der Waals surface area contributed by atoms with Crippen LogP contribution in [0, 0.1) is 0 Å². The summed E-state index contributed by atoms with van der Waals surface area (Å²) < 4.78 is 16.8. The largest absolute Gasteiger partial charge is 0.497 e. The molecule has 0 radical (unpaired) electrons. The maximum absolute atomic E-state index is 11.1. The molecule has 37 heavy (non-hydrogen) atoms. The number of ether oxygens (including phenoxy) is 3. The number of carbonyl (C=O) groups is 1. The van der Waals surface area contributed by atoms with Gasteiger partial charge in [0.05, 0.1) is 26.4 Å². The van der Waals surface area contributed by atoms with Crippen LogP contribution in [0.15, 0.2) is 60.7 Å². The number of aliphatic hydroxyl groups excluding tert-OH is 1. The van der Waals surface area contributed by atoms with E-state index in [2.05, 4.69) is 0 Å². The maximum Gasteiger partial charge on any atom is 0.303 e. The Hall–Kier alpha value is -3.54. The Morgan fingerprint density at radius 1 is 0.973 bits per heavy atom. The van der Waals surface area contributed by atoms with Crippen LogP contribution in [0.25, 0.3) is 0 Å². The Balaban J connectivity index is 1.70. The molecule has 7 heteroatoms. The standard InChI is InChI=1S/C30H38O7/c1-35-27-15-11-24(12-16-27)10-14-26(32)9-5-2-3-7-22-37-29-18-17-28(36-21-8-4-6-20-31)23-25(29)13-19-30(33)34/h5-6,9,11-12,15-18,23,26,32H,2-4,7-8,10,13-14,19,21-22H2,1H3,(H,33,34). The van der Waals surface area contributed by atoms with Crippen molar-refractivity contribution in [2.45, 2.75) is 63.9 Å². The molecule has 0 aliphatic heterocycles. The molecule has 0 aliphatic carbocycles. The number of carboxylic acids is 1. The van der Waals surface area contributed by atoms with Gasteiger partial charge in [-0.05, 0) is 98.9 Å². The van der Waals surface area contributed by atoms with E-state index < -0.39 is 12.1 Å². The minimum absolute atomic E-state index is 0.00945. The molecular formula is C30H38O7. The lowest BCUT2D eigenvalue weighted by molar-refractivity contribution is -0.136. The van der Waals surface area contributed by atoms with Gasteiger partial charge in [-0.3, -0.25) is 4.79 Å². The van der Waals surface area contributed by atoms with Crippen molar-refractivity contribution in [1.29, 1.82) is 0 Å². The Bertz CT molecular complexity index is 1010. The Morgan fingerprint density at radius 2 is 1.73 bits per heavy atom. The van der Waals surface area contributed by atoms with Crippen LogP contribution in [-0.4, -0.2) is 48.6 Å². The lowest BCUT2D eigenvalue weighted by atomic mass is 10.1. The number of allylic oxidation sites excluding steroid dienone is 2. The number of rotatable bonds is 19. The molecule has 0 fully saturated rings. The molecule has 2 aromatic carbocycles. The summed E-state index contributed by atoms with van der Waals surface area (Å²) in [6, 6.07) is 13.3. The summed E-state index contributed by atoms with van der Waals surface area (Å²) in [4.78, 5) is 21.3. The first-order chi connectivity index (χ1) is 18.0. The summed E-state index contributed by atoms with van der Waals surface area (Å²) >= 11 is 0. The van der Waals surface area contributed by atoms with E-state index in [1.54, 1.807) is 13.1 Å². The highest BCUT2D eigenvalue weighted by Crippen LogP contribution is 2.26. The molecule has 0 spiro atoms. The Kier molecular flexibility index (Phi) is 14.3. The van der Waals surface area contributed by atoms with E-state index in [4.69, 9.17) is 19.3 Å². The normalized spacial score (nSPS) is 11.6. The van der Waals surface area contributed by atoms with Gasteiger partial charge in [-0.2, -0.15) is 0 Å². The molecule has 0 aliphatic rings. The summed E-state index contributed by atoms with van der Waals surface area (Å²) in [6.45, 7) is 0.979. The van der Waals surface area contributed by atoms with Gasteiger partial charge in [0, 0.05) is 6.42 Å². The van der Waals surface area contributed by atoms with Crippen LogP contribution in [0.4, 0.5) is 0 Å². The quantitative estimate of drug-likeness (QED) is 0.149. The van der Waals surface area contributed by atoms with Crippen molar-refractivity contribution in [3.8, 4) is 17.2 Å². The molecule has 0 bridgehead atoms. The van der Waals surface area contributed by atoms with Crippen molar-refractivity contribution in [1.82, 2.24) is 0 Å². The number of methoxy groups -OCH3 is 1. The van der Waals surface area contributed by atoms with Crippen LogP contribution < -0.4 is 14.2 Å². The summed E-state index contributed by atoms with van der Waals surface area (Å²) in [6.07, 6.45) is 10.6. The number of benzene rings is 2. The van der Waals surface area contributed by atoms with Crippen LogP contribution in [0.1, 0.15) is 56.1 Å². The minimum Gasteiger partial charge on any atom is -0.497 e. The van der Waals surface area contributed by atoms with Gasteiger partial charge in [0.15, 0.2) is 0 Å². The highest BCUT2D eigenvalue weighted by Gasteiger charge is 2.09. The number of aliphatic carboxylic acids is 1. The van der Waals surface area contributed by atoms with E-state index >= 15 is 0 Å². The highest BCUT2D eigenvalue weighted by atomic mass is 16.5. The summed E-state index contributed by atoms with van der Waals surface area (Å²) in [5.41, 5.74) is 1.97. The molecule has 0 saturated carbocycles. The second-order valence-corrected chi connectivity index (χ2v) is 8.70. The Morgan fingerprint density at radius 3 is 2.46 bits per heavy atom. The SMILES string of the molecule is COc1ccc(CCC(O)C=CCCCCOc2ccc(OCCCC=C=O)cc2CCC(=O)O)cc1.